The molecule has 1 rings (SSSR count). The lowest BCUT2D eigenvalue weighted by Crippen LogP contribution is -2.43. The fourth-order valence-corrected chi connectivity index (χ4v) is 1.28. The van der Waals surface area contributed by atoms with Crippen molar-refractivity contribution >= 4 is 11.6 Å². The molecule has 1 amide bonds. The number of hydrogen-bond donors (Lipinski definition) is 4. The van der Waals surface area contributed by atoms with Crippen LogP contribution in [0, 0.1) is 0 Å². The van der Waals surface area contributed by atoms with Crippen LogP contribution in [0.2, 0.25) is 0 Å². The average Bonchev–Trinajstić information content (AvgIpc) is 2.30. The van der Waals surface area contributed by atoms with Crippen molar-refractivity contribution in [1.29, 1.82) is 0 Å². The zero-order valence-corrected chi connectivity index (χ0v) is 9.81. The summed E-state index contributed by atoms with van der Waals surface area (Å²) < 4.78 is 0. The second-order valence-corrected chi connectivity index (χ2v) is 4.31. The molecule has 94 valence electrons. The summed E-state index contributed by atoms with van der Waals surface area (Å²) in [7, 11) is 0. The molecule has 17 heavy (non-hydrogen) atoms. The Bertz CT molecular complexity index is 391. The van der Waals surface area contributed by atoms with E-state index in [0.29, 0.717) is 5.69 Å². The Labute approximate surface area is 100 Å². The zero-order chi connectivity index (χ0) is 12.9. The molecular formula is C12H18N2O3. The van der Waals surface area contributed by atoms with Gasteiger partial charge in [-0.2, -0.15) is 0 Å². The van der Waals surface area contributed by atoms with Gasteiger partial charge in [0.2, 0.25) is 5.91 Å². The Balaban J connectivity index is 2.48. The number of nitrogens with one attached hydrogen (secondary N) is 1. The third-order valence-corrected chi connectivity index (χ3v) is 2.41. The number of aliphatic hydroxyl groups excluding tert-OH is 1. The van der Waals surface area contributed by atoms with Crippen molar-refractivity contribution in [2.75, 3.05) is 18.9 Å². The molecule has 1 aromatic rings. The van der Waals surface area contributed by atoms with E-state index in [1.54, 1.807) is 18.2 Å². The Morgan fingerprint density at radius 1 is 1.47 bits per heavy atom. The van der Waals surface area contributed by atoms with Crippen LogP contribution in [0.3, 0.4) is 0 Å². The Morgan fingerprint density at radius 3 is 2.71 bits per heavy atom. The predicted octanol–water partition coefficient (Wildman–Crippen LogP) is -0.329. The van der Waals surface area contributed by atoms with Gasteiger partial charge in [0.15, 0.2) is 0 Å². The summed E-state index contributed by atoms with van der Waals surface area (Å²) >= 11 is 0. The minimum atomic E-state index is -1.29. The van der Waals surface area contributed by atoms with Crippen molar-refractivity contribution in [1.82, 2.24) is 5.32 Å². The first kappa shape index (κ1) is 13.5. The largest absolute Gasteiger partial charge is 0.398 e. The Kier molecular flexibility index (Phi) is 4.48. The number of rotatable bonds is 5. The molecule has 0 saturated carbocycles. The van der Waals surface area contributed by atoms with Gasteiger partial charge in [0, 0.05) is 12.2 Å². The molecule has 0 spiro atoms. The number of amides is 1. The minimum Gasteiger partial charge on any atom is -0.398 e. The van der Waals surface area contributed by atoms with Crippen molar-refractivity contribution in [3.63, 3.8) is 0 Å². The molecule has 0 aliphatic heterocycles. The maximum Gasteiger partial charge on any atom is 0.224 e. The number of nitrogen functional groups attached to an aromatic ring is 1. The van der Waals surface area contributed by atoms with E-state index < -0.39 is 12.2 Å². The molecule has 1 unspecified atom stereocenters. The Hall–Kier alpha value is -1.59. The number of aliphatic hydroxyl groups is 2. The van der Waals surface area contributed by atoms with E-state index in [0.717, 1.165) is 5.56 Å². The molecule has 5 N–H and O–H groups in total. The molecule has 0 saturated heterocycles. The van der Waals surface area contributed by atoms with E-state index in [-0.39, 0.29) is 18.9 Å². The maximum atomic E-state index is 11.6. The first-order chi connectivity index (χ1) is 7.94. The van der Waals surface area contributed by atoms with Gasteiger partial charge in [-0.15, -0.1) is 0 Å². The molecule has 5 heteroatoms. The van der Waals surface area contributed by atoms with Crippen molar-refractivity contribution in [2.45, 2.75) is 18.9 Å². The summed E-state index contributed by atoms with van der Waals surface area (Å²) in [6, 6.07) is 7.11. The van der Waals surface area contributed by atoms with Crippen LogP contribution in [0.25, 0.3) is 0 Å². The van der Waals surface area contributed by atoms with E-state index in [1.165, 1.54) is 6.92 Å². The van der Waals surface area contributed by atoms with Gasteiger partial charge in [-0.1, -0.05) is 18.2 Å². The lowest BCUT2D eigenvalue weighted by Gasteiger charge is -2.20. The maximum absolute atomic E-state index is 11.6. The summed E-state index contributed by atoms with van der Waals surface area (Å²) in [6.45, 7) is 1.06. The van der Waals surface area contributed by atoms with Crippen LogP contribution in [-0.4, -0.2) is 34.9 Å². The van der Waals surface area contributed by atoms with Gasteiger partial charge in [0.1, 0.15) is 5.60 Å². The quantitative estimate of drug-likeness (QED) is 0.528. The van der Waals surface area contributed by atoms with Crippen LogP contribution >= 0.6 is 0 Å². The first-order valence-electron chi connectivity index (χ1n) is 5.38. The number of hydrogen-bond acceptors (Lipinski definition) is 4. The van der Waals surface area contributed by atoms with Gasteiger partial charge in [-0.05, 0) is 18.6 Å². The molecule has 0 bridgehead atoms. The highest BCUT2D eigenvalue weighted by Gasteiger charge is 2.19. The molecule has 0 aliphatic rings. The van der Waals surface area contributed by atoms with E-state index in [1.807, 2.05) is 6.07 Å². The monoisotopic (exact) mass is 238 g/mol. The summed E-state index contributed by atoms with van der Waals surface area (Å²) in [6.07, 6.45) is 0.161. The third-order valence-electron chi connectivity index (χ3n) is 2.41. The van der Waals surface area contributed by atoms with Crippen molar-refractivity contribution in [2.24, 2.45) is 0 Å². The molecule has 0 aromatic heterocycles. The zero-order valence-electron chi connectivity index (χ0n) is 9.81. The van der Waals surface area contributed by atoms with Crippen LogP contribution in [0.1, 0.15) is 12.5 Å². The summed E-state index contributed by atoms with van der Waals surface area (Å²) in [5.74, 6) is -0.239. The van der Waals surface area contributed by atoms with Crippen LogP contribution in [0.5, 0.6) is 0 Å². The second kappa shape index (κ2) is 5.65. The van der Waals surface area contributed by atoms with Crippen molar-refractivity contribution < 1.29 is 15.0 Å². The van der Waals surface area contributed by atoms with Crippen molar-refractivity contribution in [3.05, 3.63) is 29.8 Å². The third kappa shape index (κ3) is 4.42. The highest BCUT2D eigenvalue weighted by molar-refractivity contribution is 5.80. The van der Waals surface area contributed by atoms with Gasteiger partial charge in [-0.25, -0.2) is 0 Å². The number of carbonyl (C=O) groups excluding carboxylic acids is 1. The van der Waals surface area contributed by atoms with Gasteiger partial charge < -0.3 is 21.3 Å². The molecule has 1 aromatic carbocycles. The molecule has 0 radical (unpaired) electrons. The second-order valence-electron chi connectivity index (χ2n) is 4.31. The van der Waals surface area contributed by atoms with Gasteiger partial charge in [0.25, 0.3) is 0 Å². The van der Waals surface area contributed by atoms with Gasteiger partial charge in [0.05, 0.1) is 13.0 Å². The van der Waals surface area contributed by atoms with Crippen LogP contribution in [0.4, 0.5) is 5.69 Å². The van der Waals surface area contributed by atoms with E-state index in [9.17, 15) is 9.90 Å². The normalized spacial score (nSPS) is 14.1. The lowest BCUT2D eigenvalue weighted by molar-refractivity contribution is -0.121. The number of para-hydroxylation sites is 1. The molecule has 0 fully saturated rings. The molecule has 0 heterocycles. The number of nitrogens with two attached hydrogens (primary N) is 1. The average molecular weight is 238 g/mol. The van der Waals surface area contributed by atoms with Gasteiger partial charge >= 0.3 is 0 Å². The summed E-state index contributed by atoms with van der Waals surface area (Å²) in [4.78, 5) is 11.6. The SMILES string of the molecule is CC(O)(CO)CNC(=O)Cc1ccccc1N. The standard InChI is InChI=1S/C12H18N2O3/c1-12(17,8-15)7-14-11(16)6-9-4-2-3-5-10(9)13/h2-5,15,17H,6-8,13H2,1H3,(H,14,16). The molecular weight excluding hydrogens is 220 g/mol. The summed E-state index contributed by atoms with van der Waals surface area (Å²) in [5, 5.41) is 20.9. The number of benzene rings is 1. The first-order valence-corrected chi connectivity index (χ1v) is 5.38. The van der Waals surface area contributed by atoms with Crippen LogP contribution in [-0.2, 0) is 11.2 Å². The molecule has 5 nitrogen and oxygen atoms in total. The van der Waals surface area contributed by atoms with E-state index in [2.05, 4.69) is 5.32 Å². The lowest BCUT2D eigenvalue weighted by atomic mass is 10.1. The highest BCUT2D eigenvalue weighted by atomic mass is 16.3. The smallest absolute Gasteiger partial charge is 0.224 e. The van der Waals surface area contributed by atoms with E-state index in [4.69, 9.17) is 10.8 Å². The minimum absolute atomic E-state index is 0.00900. The fourth-order valence-electron chi connectivity index (χ4n) is 1.28. The number of carbonyl (C=O) groups is 1. The summed E-state index contributed by atoms with van der Waals surface area (Å²) in [5.41, 5.74) is 5.72. The van der Waals surface area contributed by atoms with E-state index >= 15 is 0 Å². The number of anilines is 1. The highest BCUT2D eigenvalue weighted by Crippen LogP contribution is 2.10. The van der Waals surface area contributed by atoms with Gasteiger partial charge in [-0.3, -0.25) is 4.79 Å². The molecule has 0 aliphatic carbocycles. The predicted molar refractivity (Wildman–Crippen MR) is 65.3 cm³/mol. The van der Waals surface area contributed by atoms with Crippen LogP contribution < -0.4 is 11.1 Å². The molecule has 1 atom stereocenters. The van der Waals surface area contributed by atoms with Crippen molar-refractivity contribution in [3.8, 4) is 0 Å². The Morgan fingerprint density at radius 2 is 2.12 bits per heavy atom. The van der Waals surface area contributed by atoms with Crippen LogP contribution in [0.15, 0.2) is 24.3 Å². The topological polar surface area (TPSA) is 95.6 Å². The fraction of sp³-hybridized carbons (Fsp3) is 0.417.